The highest BCUT2D eigenvalue weighted by atomic mass is 16.5. The number of carbonyl (C=O) groups excluding carboxylic acids is 1. The lowest BCUT2D eigenvalue weighted by molar-refractivity contribution is -0.141. The number of hydrogen-bond donors (Lipinski definition) is 1. The number of ether oxygens (including phenoxy) is 2. The van der Waals surface area contributed by atoms with Gasteiger partial charge in [0.1, 0.15) is 24.7 Å². The van der Waals surface area contributed by atoms with Crippen molar-refractivity contribution in [3.05, 3.63) is 59.2 Å². The summed E-state index contributed by atoms with van der Waals surface area (Å²) < 4.78 is 11.5. The number of aryl methyl sites for hydroxylation is 2. The number of rotatable bonds is 8. The molecule has 2 aromatic carbocycles. The highest BCUT2D eigenvalue weighted by molar-refractivity contribution is 5.86. The largest absolute Gasteiger partial charge is 0.490 e. The molecule has 2 aromatic rings. The highest BCUT2D eigenvalue weighted by Gasteiger charge is 2.34. The molecule has 1 aliphatic heterocycles. The van der Waals surface area contributed by atoms with Crippen LogP contribution in [0.3, 0.4) is 0 Å². The first-order chi connectivity index (χ1) is 13.4. The highest BCUT2D eigenvalue weighted by Crippen LogP contribution is 2.22. The van der Waals surface area contributed by atoms with Crippen LogP contribution in [0.5, 0.6) is 11.5 Å². The van der Waals surface area contributed by atoms with E-state index in [2.05, 4.69) is 6.92 Å². The van der Waals surface area contributed by atoms with E-state index < -0.39 is 11.9 Å². The lowest BCUT2D eigenvalue weighted by atomic mass is 10.1. The molecule has 1 saturated heterocycles. The molecule has 1 fully saturated rings. The molecule has 0 bridgehead atoms. The Hall–Kier alpha value is -3.02. The molecular formula is C22H25NO5. The zero-order chi connectivity index (χ0) is 20.1. The molecule has 1 amide bonds. The van der Waals surface area contributed by atoms with Crippen molar-refractivity contribution in [2.75, 3.05) is 19.8 Å². The maximum absolute atomic E-state index is 12.0. The maximum Gasteiger partial charge on any atom is 0.308 e. The molecule has 1 N–H and O–H groups in total. The zero-order valence-corrected chi connectivity index (χ0v) is 16.2. The van der Waals surface area contributed by atoms with Gasteiger partial charge in [-0.05, 0) is 54.8 Å². The van der Waals surface area contributed by atoms with Gasteiger partial charge in [-0.25, -0.2) is 0 Å². The van der Waals surface area contributed by atoms with E-state index in [1.54, 1.807) is 4.90 Å². The Morgan fingerprint density at radius 3 is 2.43 bits per heavy atom. The summed E-state index contributed by atoms with van der Waals surface area (Å²) in [4.78, 5) is 24.6. The standard InChI is InChI=1S/C22H25NO5/c1-15-6-7-20(10-16(15)2)28-9-8-27-19-5-3-4-17(11-19)13-23-14-18(22(25)26)12-21(23)24/h3-7,10-11,18H,8-9,12-14H2,1-2H3,(H,25,26). The summed E-state index contributed by atoms with van der Waals surface area (Å²) in [5.41, 5.74) is 3.33. The molecule has 6 nitrogen and oxygen atoms in total. The van der Waals surface area contributed by atoms with Crippen molar-refractivity contribution in [1.29, 1.82) is 0 Å². The molecule has 1 atom stereocenters. The van der Waals surface area contributed by atoms with Gasteiger partial charge in [-0.3, -0.25) is 9.59 Å². The predicted octanol–water partition coefficient (Wildman–Crippen LogP) is 3.19. The third kappa shape index (κ3) is 5.03. The number of likely N-dealkylation sites (tertiary alicyclic amines) is 1. The van der Waals surface area contributed by atoms with E-state index >= 15 is 0 Å². The van der Waals surface area contributed by atoms with Crippen LogP contribution in [0.15, 0.2) is 42.5 Å². The van der Waals surface area contributed by atoms with Crippen LogP contribution in [0.2, 0.25) is 0 Å². The summed E-state index contributed by atoms with van der Waals surface area (Å²) in [7, 11) is 0. The number of nitrogens with zero attached hydrogens (tertiary/aromatic N) is 1. The Morgan fingerprint density at radius 1 is 1.07 bits per heavy atom. The van der Waals surface area contributed by atoms with Crippen LogP contribution in [0.1, 0.15) is 23.1 Å². The summed E-state index contributed by atoms with van der Waals surface area (Å²) >= 11 is 0. The van der Waals surface area contributed by atoms with E-state index in [9.17, 15) is 9.59 Å². The second-order valence-electron chi connectivity index (χ2n) is 7.10. The number of hydrogen-bond acceptors (Lipinski definition) is 4. The van der Waals surface area contributed by atoms with Crippen molar-refractivity contribution in [2.24, 2.45) is 5.92 Å². The van der Waals surface area contributed by atoms with Gasteiger partial charge >= 0.3 is 5.97 Å². The van der Waals surface area contributed by atoms with Crippen LogP contribution in [0.4, 0.5) is 0 Å². The van der Waals surface area contributed by atoms with Gasteiger partial charge in [-0.2, -0.15) is 0 Å². The van der Waals surface area contributed by atoms with E-state index in [1.807, 2.05) is 49.4 Å². The van der Waals surface area contributed by atoms with Gasteiger partial charge in [-0.1, -0.05) is 18.2 Å². The smallest absolute Gasteiger partial charge is 0.308 e. The van der Waals surface area contributed by atoms with Crippen molar-refractivity contribution in [2.45, 2.75) is 26.8 Å². The molecule has 1 heterocycles. The predicted molar refractivity (Wildman–Crippen MR) is 105 cm³/mol. The number of carboxylic acid groups (broad SMARTS) is 1. The first-order valence-corrected chi connectivity index (χ1v) is 9.35. The minimum atomic E-state index is -0.920. The van der Waals surface area contributed by atoms with E-state index in [0.29, 0.717) is 25.5 Å². The van der Waals surface area contributed by atoms with Crippen molar-refractivity contribution in [3.8, 4) is 11.5 Å². The second-order valence-corrected chi connectivity index (χ2v) is 7.10. The van der Waals surface area contributed by atoms with Crippen LogP contribution in [0.25, 0.3) is 0 Å². The number of carboxylic acids is 1. The summed E-state index contributed by atoms with van der Waals surface area (Å²) in [5, 5.41) is 9.08. The molecule has 1 unspecified atom stereocenters. The number of amides is 1. The van der Waals surface area contributed by atoms with Crippen LogP contribution in [-0.2, 0) is 16.1 Å². The Balaban J connectivity index is 1.49. The second kappa shape index (κ2) is 8.78. The van der Waals surface area contributed by atoms with E-state index in [0.717, 1.165) is 11.3 Å². The summed E-state index contributed by atoms with van der Waals surface area (Å²) in [6.45, 7) is 5.58. The van der Waals surface area contributed by atoms with Crippen LogP contribution < -0.4 is 9.47 Å². The van der Waals surface area contributed by atoms with Crippen LogP contribution in [-0.4, -0.2) is 41.6 Å². The monoisotopic (exact) mass is 383 g/mol. The average Bonchev–Trinajstić information content (AvgIpc) is 3.03. The van der Waals surface area contributed by atoms with Crippen molar-refractivity contribution in [3.63, 3.8) is 0 Å². The maximum atomic E-state index is 12.0. The topological polar surface area (TPSA) is 76.1 Å². The molecule has 0 spiro atoms. The lowest BCUT2D eigenvalue weighted by Crippen LogP contribution is -2.25. The fourth-order valence-electron chi connectivity index (χ4n) is 3.17. The van der Waals surface area contributed by atoms with Crippen molar-refractivity contribution >= 4 is 11.9 Å². The number of benzene rings is 2. The summed E-state index contributed by atoms with van der Waals surface area (Å²) in [6.07, 6.45) is 0.0708. The molecule has 148 valence electrons. The van der Waals surface area contributed by atoms with Crippen molar-refractivity contribution < 1.29 is 24.2 Å². The fourth-order valence-corrected chi connectivity index (χ4v) is 3.17. The van der Waals surface area contributed by atoms with Gasteiger partial charge in [-0.15, -0.1) is 0 Å². The number of aliphatic carboxylic acids is 1. The molecule has 0 radical (unpaired) electrons. The molecule has 0 aromatic heterocycles. The third-order valence-electron chi connectivity index (χ3n) is 4.93. The van der Waals surface area contributed by atoms with E-state index in [1.165, 1.54) is 11.1 Å². The molecule has 1 aliphatic rings. The Kier molecular flexibility index (Phi) is 6.19. The van der Waals surface area contributed by atoms with Crippen LogP contribution in [0, 0.1) is 19.8 Å². The summed E-state index contributed by atoms with van der Waals surface area (Å²) in [6, 6.07) is 13.5. The third-order valence-corrected chi connectivity index (χ3v) is 4.93. The molecule has 0 saturated carbocycles. The van der Waals surface area contributed by atoms with Gasteiger partial charge in [0.25, 0.3) is 0 Å². The minimum absolute atomic E-state index is 0.0708. The molecule has 28 heavy (non-hydrogen) atoms. The summed E-state index contributed by atoms with van der Waals surface area (Å²) in [5.74, 6) is -0.143. The van der Waals surface area contributed by atoms with Gasteiger partial charge in [0.05, 0.1) is 5.92 Å². The first kappa shape index (κ1) is 19.7. The van der Waals surface area contributed by atoms with Gasteiger partial charge in [0.2, 0.25) is 5.91 Å². The number of carbonyl (C=O) groups is 2. The lowest BCUT2D eigenvalue weighted by Gasteiger charge is -2.17. The van der Waals surface area contributed by atoms with Gasteiger partial charge in [0, 0.05) is 19.5 Å². The zero-order valence-electron chi connectivity index (χ0n) is 16.2. The normalized spacial score (nSPS) is 16.3. The van der Waals surface area contributed by atoms with Crippen molar-refractivity contribution in [1.82, 2.24) is 4.90 Å². The van der Waals surface area contributed by atoms with Gasteiger partial charge < -0.3 is 19.5 Å². The Labute approximate surface area is 164 Å². The molecular weight excluding hydrogens is 358 g/mol. The average molecular weight is 383 g/mol. The van der Waals surface area contributed by atoms with E-state index in [-0.39, 0.29) is 18.9 Å². The molecule has 0 aliphatic carbocycles. The van der Waals surface area contributed by atoms with Crippen LogP contribution >= 0.6 is 0 Å². The quantitative estimate of drug-likeness (QED) is 0.709. The molecule has 3 rings (SSSR count). The van der Waals surface area contributed by atoms with Gasteiger partial charge in [0.15, 0.2) is 0 Å². The molecule has 6 heteroatoms. The van der Waals surface area contributed by atoms with E-state index in [4.69, 9.17) is 14.6 Å². The fraction of sp³-hybridized carbons (Fsp3) is 0.364. The Morgan fingerprint density at radius 2 is 1.79 bits per heavy atom. The SMILES string of the molecule is Cc1ccc(OCCOc2cccc(CN3CC(C(=O)O)CC3=O)c2)cc1C. The Bertz CT molecular complexity index is 864. The first-order valence-electron chi connectivity index (χ1n) is 9.35. The minimum Gasteiger partial charge on any atom is -0.490 e.